The highest BCUT2D eigenvalue weighted by molar-refractivity contribution is 5.79. The maximum Gasteiger partial charge on any atom is 0.416 e. The average Bonchev–Trinajstić information content (AvgIpc) is 3.20. The van der Waals surface area contributed by atoms with Gasteiger partial charge >= 0.3 is 6.18 Å². The van der Waals surface area contributed by atoms with Gasteiger partial charge in [0.15, 0.2) is 0 Å². The van der Waals surface area contributed by atoms with Gasteiger partial charge in [-0.25, -0.2) is 0 Å². The summed E-state index contributed by atoms with van der Waals surface area (Å²) in [6, 6.07) is 5.62. The van der Waals surface area contributed by atoms with Crippen molar-refractivity contribution in [3.8, 4) is 0 Å². The molecule has 0 saturated carbocycles. The molecule has 0 N–H and O–H groups in total. The van der Waals surface area contributed by atoms with Gasteiger partial charge in [0.05, 0.1) is 5.56 Å². The van der Waals surface area contributed by atoms with Gasteiger partial charge in [-0.15, -0.1) is 0 Å². The van der Waals surface area contributed by atoms with Crippen LogP contribution in [-0.2, 0) is 17.4 Å². The van der Waals surface area contributed by atoms with Gasteiger partial charge in [0.25, 0.3) is 0 Å². The molecule has 1 amide bonds. The van der Waals surface area contributed by atoms with Crippen LogP contribution in [0.25, 0.3) is 0 Å². The van der Waals surface area contributed by atoms with Crippen molar-refractivity contribution in [2.45, 2.75) is 38.3 Å². The summed E-state index contributed by atoms with van der Waals surface area (Å²) in [6.45, 7) is 3.39. The molecule has 1 heterocycles. The Hall–Kier alpha value is -1.82. The number of likely N-dealkylation sites (tertiary alicyclic amines) is 1. The molecule has 1 aromatic carbocycles. The average molecular weight is 394 g/mol. The van der Waals surface area contributed by atoms with Gasteiger partial charge in [-0.05, 0) is 56.2 Å². The minimum Gasteiger partial charge on any atom is -0.345 e. The summed E-state index contributed by atoms with van der Waals surface area (Å²) < 4.78 is 38.6. The lowest BCUT2D eigenvalue weighted by Gasteiger charge is -2.35. The fourth-order valence-corrected chi connectivity index (χ4v) is 4.30. The highest BCUT2D eigenvalue weighted by atomic mass is 19.4. The molecule has 0 bridgehead atoms. The van der Waals surface area contributed by atoms with E-state index in [1.54, 1.807) is 6.07 Å². The van der Waals surface area contributed by atoms with Gasteiger partial charge in [-0.3, -0.25) is 4.79 Å². The predicted molar refractivity (Wildman–Crippen MR) is 104 cm³/mol. The van der Waals surface area contributed by atoms with E-state index in [-0.39, 0.29) is 11.8 Å². The Morgan fingerprint density at radius 2 is 2.00 bits per heavy atom. The highest BCUT2D eigenvalue weighted by Crippen LogP contribution is 2.30. The van der Waals surface area contributed by atoms with E-state index >= 15 is 0 Å². The molecule has 6 heteroatoms. The molecule has 28 heavy (non-hydrogen) atoms. The van der Waals surface area contributed by atoms with E-state index < -0.39 is 11.7 Å². The Morgan fingerprint density at radius 1 is 1.25 bits per heavy atom. The summed E-state index contributed by atoms with van der Waals surface area (Å²) in [7, 11) is 1.89. The van der Waals surface area contributed by atoms with E-state index in [1.165, 1.54) is 12.1 Å². The minimum absolute atomic E-state index is 0.102. The third kappa shape index (κ3) is 5.60. The van der Waals surface area contributed by atoms with E-state index in [0.717, 1.165) is 63.5 Å². The van der Waals surface area contributed by atoms with Crippen LogP contribution in [0.1, 0.15) is 36.8 Å². The number of rotatable bonds is 6. The molecule has 1 unspecified atom stereocenters. The van der Waals surface area contributed by atoms with E-state index in [2.05, 4.69) is 17.1 Å². The fourth-order valence-electron chi connectivity index (χ4n) is 4.30. The molecular formula is C22H29F3N2O. The standard InChI is InChI=1S/C22H29F3N2O/c1-26(21(28)19-8-2-3-9-19)15-18-7-5-12-27(16-18)13-11-17-6-4-10-20(14-17)22(23,24)25/h2-4,6,10,14,18-19H,5,7-9,11-13,15-16H2,1H3. The topological polar surface area (TPSA) is 23.6 Å². The number of allylic oxidation sites excluding steroid dienone is 2. The first kappa shape index (κ1) is 20.9. The Morgan fingerprint density at radius 3 is 2.71 bits per heavy atom. The summed E-state index contributed by atoms with van der Waals surface area (Å²) >= 11 is 0. The zero-order chi connectivity index (χ0) is 20.1. The maximum absolute atomic E-state index is 12.9. The Labute approximate surface area is 165 Å². The number of carbonyl (C=O) groups excluding carboxylic acids is 1. The first-order chi connectivity index (χ1) is 13.3. The first-order valence-electron chi connectivity index (χ1n) is 10.1. The van der Waals surface area contributed by atoms with E-state index in [0.29, 0.717) is 12.3 Å². The van der Waals surface area contributed by atoms with Crippen LogP contribution < -0.4 is 0 Å². The van der Waals surface area contributed by atoms with Crippen molar-refractivity contribution < 1.29 is 18.0 Å². The van der Waals surface area contributed by atoms with E-state index in [9.17, 15) is 18.0 Å². The lowest BCUT2D eigenvalue weighted by Crippen LogP contribution is -2.43. The molecule has 3 nitrogen and oxygen atoms in total. The number of nitrogens with zero attached hydrogens (tertiary/aromatic N) is 2. The van der Waals surface area contributed by atoms with Crippen LogP contribution in [0, 0.1) is 11.8 Å². The zero-order valence-corrected chi connectivity index (χ0v) is 16.4. The van der Waals surface area contributed by atoms with Crippen molar-refractivity contribution in [3.63, 3.8) is 0 Å². The van der Waals surface area contributed by atoms with Gasteiger partial charge in [-0.2, -0.15) is 13.2 Å². The number of carbonyl (C=O) groups is 1. The number of benzene rings is 1. The second kappa shape index (κ2) is 9.12. The van der Waals surface area contributed by atoms with Crippen molar-refractivity contribution >= 4 is 5.91 Å². The van der Waals surface area contributed by atoms with Crippen LogP contribution in [0.5, 0.6) is 0 Å². The predicted octanol–water partition coefficient (Wildman–Crippen LogP) is 4.38. The largest absolute Gasteiger partial charge is 0.416 e. The number of piperidine rings is 1. The molecule has 1 fully saturated rings. The van der Waals surface area contributed by atoms with Crippen molar-refractivity contribution in [2.75, 3.05) is 33.2 Å². The summed E-state index contributed by atoms with van der Waals surface area (Å²) in [5.41, 5.74) is 0.140. The lowest BCUT2D eigenvalue weighted by atomic mass is 9.96. The van der Waals surface area contributed by atoms with Crippen LogP contribution in [0.15, 0.2) is 36.4 Å². The number of hydrogen-bond donors (Lipinski definition) is 0. The Kier molecular flexibility index (Phi) is 6.81. The molecule has 1 atom stereocenters. The Bertz CT molecular complexity index is 693. The first-order valence-corrected chi connectivity index (χ1v) is 10.1. The lowest BCUT2D eigenvalue weighted by molar-refractivity contribution is -0.137. The third-order valence-electron chi connectivity index (χ3n) is 5.84. The van der Waals surface area contributed by atoms with Crippen LogP contribution in [0.3, 0.4) is 0 Å². The second-order valence-electron chi connectivity index (χ2n) is 8.12. The number of amides is 1. The van der Waals surface area contributed by atoms with Crippen LogP contribution >= 0.6 is 0 Å². The molecule has 0 radical (unpaired) electrons. The van der Waals surface area contributed by atoms with Crippen LogP contribution in [0.4, 0.5) is 13.2 Å². The van der Waals surface area contributed by atoms with E-state index in [1.807, 2.05) is 11.9 Å². The van der Waals surface area contributed by atoms with Crippen LogP contribution in [0.2, 0.25) is 0 Å². The van der Waals surface area contributed by atoms with Crippen molar-refractivity contribution in [1.29, 1.82) is 0 Å². The molecule has 0 aromatic heterocycles. The van der Waals surface area contributed by atoms with Gasteiger partial charge in [0.1, 0.15) is 0 Å². The van der Waals surface area contributed by atoms with Gasteiger partial charge in [-0.1, -0.05) is 30.4 Å². The summed E-state index contributed by atoms with van der Waals surface area (Å²) in [5, 5.41) is 0. The van der Waals surface area contributed by atoms with Crippen molar-refractivity contribution in [2.24, 2.45) is 11.8 Å². The molecule has 1 aliphatic carbocycles. The molecule has 1 aromatic rings. The zero-order valence-electron chi connectivity index (χ0n) is 16.4. The van der Waals surface area contributed by atoms with Crippen molar-refractivity contribution in [1.82, 2.24) is 9.80 Å². The molecule has 3 rings (SSSR count). The number of alkyl halides is 3. The highest BCUT2D eigenvalue weighted by Gasteiger charge is 2.30. The molecule has 2 aliphatic rings. The molecular weight excluding hydrogens is 365 g/mol. The maximum atomic E-state index is 12.9. The quantitative estimate of drug-likeness (QED) is 0.669. The second-order valence-corrected chi connectivity index (χ2v) is 8.12. The van der Waals surface area contributed by atoms with Gasteiger partial charge in [0, 0.05) is 32.6 Å². The minimum atomic E-state index is -4.29. The Balaban J connectivity index is 1.48. The normalized spacial score (nSPS) is 21.2. The molecule has 154 valence electrons. The molecule has 1 saturated heterocycles. The molecule has 1 aliphatic heterocycles. The van der Waals surface area contributed by atoms with Gasteiger partial charge in [0.2, 0.25) is 5.91 Å². The fraction of sp³-hybridized carbons (Fsp3) is 0.591. The summed E-state index contributed by atoms with van der Waals surface area (Å²) in [5.74, 6) is 0.760. The monoisotopic (exact) mass is 394 g/mol. The number of hydrogen-bond acceptors (Lipinski definition) is 2. The van der Waals surface area contributed by atoms with Gasteiger partial charge < -0.3 is 9.80 Å². The molecule has 0 spiro atoms. The van der Waals surface area contributed by atoms with Crippen LogP contribution in [-0.4, -0.2) is 48.9 Å². The number of halogens is 3. The summed E-state index contributed by atoms with van der Waals surface area (Å²) in [4.78, 5) is 16.7. The third-order valence-corrected chi connectivity index (χ3v) is 5.84. The van der Waals surface area contributed by atoms with E-state index in [4.69, 9.17) is 0 Å². The summed E-state index contributed by atoms with van der Waals surface area (Å²) in [6.07, 6.45) is 4.32. The SMILES string of the molecule is CN(CC1CCCN(CCc2cccc(C(F)(F)F)c2)C1)C(=O)C1CC=CC1. The smallest absolute Gasteiger partial charge is 0.345 e. The van der Waals surface area contributed by atoms with Crippen molar-refractivity contribution in [3.05, 3.63) is 47.5 Å².